The molecule has 1 unspecified atom stereocenters. The molecule has 0 aliphatic carbocycles. The average molecular weight is 340 g/mol. The quantitative estimate of drug-likeness (QED) is 0.758. The molecule has 4 heteroatoms. The highest BCUT2D eigenvalue weighted by Gasteiger charge is 2.10. The lowest BCUT2D eigenvalue weighted by atomic mass is 10.0. The van der Waals surface area contributed by atoms with Crippen molar-refractivity contribution in [3.05, 3.63) is 57.3 Å². The fraction of sp³-hybridized carbons (Fsp3) is 0.267. The summed E-state index contributed by atoms with van der Waals surface area (Å²) in [5.41, 5.74) is 3.33. The Bertz CT molecular complexity index is 572. The number of halogens is 2. The number of aromatic nitrogens is 1. The zero-order valence-electron chi connectivity index (χ0n) is 11.0. The van der Waals surface area contributed by atoms with Gasteiger partial charge >= 0.3 is 0 Å². The molecule has 0 aliphatic rings. The van der Waals surface area contributed by atoms with Crippen molar-refractivity contribution in [2.45, 2.75) is 26.3 Å². The highest BCUT2D eigenvalue weighted by Crippen LogP contribution is 2.26. The first-order valence-corrected chi connectivity index (χ1v) is 7.41. The van der Waals surface area contributed by atoms with Gasteiger partial charge in [-0.3, -0.25) is 0 Å². The largest absolute Gasteiger partial charge is 0.377 e. The first-order valence-electron chi connectivity index (χ1n) is 6.24. The van der Waals surface area contributed by atoms with Crippen LogP contribution in [0.1, 0.15) is 30.5 Å². The maximum Gasteiger partial charge on any atom is 0.109 e. The van der Waals surface area contributed by atoms with Crippen molar-refractivity contribution in [2.24, 2.45) is 0 Å². The summed E-state index contributed by atoms with van der Waals surface area (Å²) in [6.45, 7) is 4.18. The molecule has 0 fully saturated rings. The van der Waals surface area contributed by atoms with Crippen LogP contribution < -0.4 is 5.32 Å². The third kappa shape index (κ3) is 3.71. The molecule has 0 saturated heterocycles. The molecule has 1 aromatic heterocycles. The first-order chi connectivity index (χ1) is 9.10. The van der Waals surface area contributed by atoms with E-state index >= 15 is 0 Å². The van der Waals surface area contributed by atoms with Gasteiger partial charge in [-0.1, -0.05) is 30.7 Å². The number of pyridine rings is 1. The van der Waals surface area contributed by atoms with Crippen LogP contribution in [0.2, 0.25) is 5.02 Å². The highest BCUT2D eigenvalue weighted by atomic mass is 79.9. The lowest BCUT2D eigenvalue weighted by molar-refractivity contribution is 0.748. The van der Waals surface area contributed by atoms with Crippen molar-refractivity contribution in [3.8, 4) is 0 Å². The zero-order valence-corrected chi connectivity index (χ0v) is 13.3. The molecule has 0 aliphatic heterocycles. The summed E-state index contributed by atoms with van der Waals surface area (Å²) >= 11 is 9.46. The van der Waals surface area contributed by atoms with Gasteiger partial charge in [0.15, 0.2) is 0 Å². The van der Waals surface area contributed by atoms with Crippen LogP contribution in [0.4, 0.5) is 5.69 Å². The minimum Gasteiger partial charge on any atom is -0.377 e. The lowest BCUT2D eigenvalue weighted by Gasteiger charge is -2.19. The summed E-state index contributed by atoms with van der Waals surface area (Å²) in [5, 5.41) is 4.26. The number of benzene rings is 1. The van der Waals surface area contributed by atoms with E-state index in [2.05, 4.69) is 45.3 Å². The molecular formula is C15H16BrClN2. The van der Waals surface area contributed by atoms with E-state index in [4.69, 9.17) is 11.6 Å². The summed E-state index contributed by atoms with van der Waals surface area (Å²) in [7, 11) is 0. The van der Waals surface area contributed by atoms with Gasteiger partial charge in [0.25, 0.3) is 0 Å². The normalized spacial score (nSPS) is 12.2. The molecule has 0 amide bonds. The predicted octanol–water partition coefficient (Wildman–Crippen LogP) is 5.37. The van der Waals surface area contributed by atoms with Crippen LogP contribution in [-0.4, -0.2) is 4.98 Å². The molecule has 0 radical (unpaired) electrons. The van der Waals surface area contributed by atoms with Crippen molar-refractivity contribution in [1.29, 1.82) is 0 Å². The molecule has 0 bridgehead atoms. The number of hydrogen-bond acceptors (Lipinski definition) is 2. The number of nitrogens with one attached hydrogen (secondary N) is 1. The Morgan fingerprint density at radius 3 is 2.79 bits per heavy atom. The van der Waals surface area contributed by atoms with Gasteiger partial charge in [0.05, 0.1) is 17.9 Å². The topological polar surface area (TPSA) is 24.9 Å². The fourth-order valence-electron chi connectivity index (χ4n) is 1.98. The van der Waals surface area contributed by atoms with E-state index in [9.17, 15) is 0 Å². The molecule has 2 rings (SSSR count). The second kappa shape index (κ2) is 6.40. The number of hydrogen-bond donors (Lipinski definition) is 1. The highest BCUT2D eigenvalue weighted by molar-refractivity contribution is 9.10. The maximum atomic E-state index is 6.05. The standard InChI is InChI=1S/C15H16BrClN2/c1-3-14(11-5-4-6-12(17)8-11)19-13-7-10(2)15(16)18-9-13/h4-9,14,19H,3H2,1-2H3. The molecule has 19 heavy (non-hydrogen) atoms. The van der Waals surface area contributed by atoms with Crippen molar-refractivity contribution >= 4 is 33.2 Å². The Kier molecular flexibility index (Phi) is 4.83. The molecule has 2 nitrogen and oxygen atoms in total. The third-order valence-electron chi connectivity index (χ3n) is 3.01. The van der Waals surface area contributed by atoms with Crippen molar-refractivity contribution in [2.75, 3.05) is 5.32 Å². The molecule has 1 heterocycles. The monoisotopic (exact) mass is 338 g/mol. The summed E-state index contributed by atoms with van der Waals surface area (Å²) in [4.78, 5) is 4.31. The van der Waals surface area contributed by atoms with Gasteiger partial charge in [0.1, 0.15) is 4.60 Å². The predicted molar refractivity (Wildman–Crippen MR) is 84.8 cm³/mol. The van der Waals surface area contributed by atoms with Crippen LogP contribution in [-0.2, 0) is 0 Å². The molecule has 1 atom stereocenters. The van der Waals surface area contributed by atoms with Gasteiger partial charge in [-0.25, -0.2) is 4.98 Å². The van der Waals surface area contributed by atoms with Crippen LogP contribution in [0.25, 0.3) is 0 Å². The number of aryl methyl sites for hydroxylation is 1. The molecule has 2 aromatic rings. The minimum atomic E-state index is 0.237. The summed E-state index contributed by atoms with van der Waals surface area (Å²) in [6, 6.07) is 10.3. The Hall–Kier alpha value is -1.06. The van der Waals surface area contributed by atoms with E-state index in [1.54, 1.807) is 0 Å². The van der Waals surface area contributed by atoms with E-state index < -0.39 is 0 Å². The van der Waals surface area contributed by atoms with Crippen LogP contribution in [0.5, 0.6) is 0 Å². The lowest BCUT2D eigenvalue weighted by Crippen LogP contribution is -2.10. The van der Waals surface area contributed by atoms with Gasteiger partial charge in [-0.05, 0) is 58.6 Å². The molecule has 1 aromatic carbocycles. The minimum absolute atomic E-state index is 0.237. The second-order valence-corrected chi connectivity index (χ2v) is 5.68. The Labute approximate surface area is 127 Å². The molecule has 0 spiro atoms. The van der Waals surface area contributed by atoms with Gasteiger partial charge in [0, 0.05) is 5.02 Å². The van der Waals surface area contributed by atoms with E-state index in [0.717, 1.165) is 27.3 Å². The van der Waals surface area contributed by atoms with E-state index in [1.165, 1.54) is 5.56 Å². The van der Waals surface area contributed by atoms with Crippen molar-refractivity contribution in [1.82, 2.24) is 4.98 Å². The molecular weight excluding hydrogens is 324 g/mol. The number of nitrogens with zero attached hydrogens (tertiary/aromatic N) is 1. The Balaban J connectivity index is 2.21. The van der Waals surface area contributed by atoms with E-state index in [-0.39, 0.29) is 6.04 Å². The SMILES string of the molecule is CCC(Nc1cnc(Br)c(C)c1)c1cccc(Cl)c1. The molecule has 1 N–H and O–H groups in total. The number of rotatable bonds is 4. The maximum absolute atomic E-state index is 6.05. The summed E-state index contributed by atoms with van der Waals surface area (Å²) in [6.07, 6.45) is 2.82. The molecule has 100 valence electrons. The van der Waals surface area contributed by atoms with Crippen LogP contribution in [0.15, 0.2) is 41.1 Å². The van der Waals surface area contributed by atoms with Crippen LogP contribution >= 0.6 is 27.5 Å². The average Bonchev–Trinajstić information content (AvgIpc) is 2.40. The first kappa shape index (κ1) is 14.4. The Morgan fingerprint density at radius 2 is 2.16 bits per heavy atom. The van der Waals surface area contributed by atoms with E-state index in [1.807, 2.05) is 31.3 Å². The zero-order chi connectivity index (χ0) is 13.8. The van der Waals surface area contributed by atoms with Crippen molar-refractivity contribution in [3.63, 3.8) is 0 Å². The second-order valence-electron chi connectivity index (χ2n) is 4.49. The van der Waals surface area contributed by atoms with Gasteiger partial charge < -0.3 is 5.32 Å². The molecule has 0 saturated carbocycles. The summed E-state index contributed by atoms with van der Waals surface area (Å²) in [5.74, 6) is 0. The Morgan fingerprint density at radius 1 is 1.37 bits per heavy atom. The van der Waals surface area contributed by atoms with Gasteiger partial charge in [-0.15, -0.1) is 0 Å². The van der Waals surface area contributed by atoms with Crippen LogP contribution in [0, 0.1) is 6.92 Å². The smallest absolute Gasteiger partial charge is 0.109 e. The fourth-order valence-corrected chi connectivity index (χ4v) is 2.40. The third-order valence-corrected chi connectivity index (χ3v) is 4.08. The van der Waals surface area contributed by atoms with Gasteiger partial charge in [-0.2, -0.15) is 0 Å². The van der Waals surface area contributed by atoms with Crippen LogP contribution in [0.3, 0.4) is 0 Å². The summed E-state index contributed by atoms with van der Waals surface area (Å²) < 4.78 is 0.883. The van der Waals surface area contributed by atoms with Gasteiger partial charge in [0.2, 0.25) is 0 Å². The van der Waals surface area contributed by atoms with E-state index in [0.29, 0.717) is 0 Å². The van der Waals surface area contributed by atoms with Crippen molar-refractivity contribution < 1.29 is 0 Å². The number of anilines is 1.